The zero-order valence-corrected chi connectivity index (χ0v) is 33.6. The highest BCUT2D eigenvalue weighted by atomic mass is 16.3. The van der Waals surface area contributed by atoms with Crippen LogP contribution in [0.1, 0.15) is 47.2 Å². The van der Waals surface area contributed by atoms with Crippen molar-refractivity contribution in [1.29, 1.82) is 0 Å². The largest absolute Gasteiger partial charge is 0.455 e. The number of anilines is 3. The minimum atomic E-state index is -0.331. The van der Waals surface area contributed by atoms with Crippen molar-refractivity contribution in [3.63, 3.8) is 0 Å². The molecule has 10 aromatic rings. The summed E-state index contributed by atoms with van der Waals surface area (Å²) in [5.41, 5.74) is 19.7. The number of furan rings is 1. The van der Waals surface area contributed by atoms with Crippen LogP contribution in [0.4, 0.5) is 17.1 Å². The number of hydrogen-bond acceptors (Lipinski definition) is 2. The molecular weight excluding hydrogens is 727 g/mol. The molecule has 2 unspecified atom stereocenters. The maximum Gasteiger partial charge on any atom is 0.143 e. The molecule has 0 radical (unpaired) electrons. The topological polar surface area (TPSA) is 16.4 Å². The van der Waals surface area contributed by atoms with Gasteiger partial charge in [-0.05, 0) is 106 Å². The van der Waals surface area contributed by atoms with Gasteiger partial charge in [0.05, 0.1) is 5.69 Å². The summed E-state index contributed by atoms with van der Waals surface area (Å²) in [7, 11) is 0. The first-order valence-corrected chi connectivity index (χ1v) is 20.9. The monoisotopic (exact) mass is 767 g/mol. The molecule has 1 heterocycles. The summed E-state index contributed by atoms with van der Waals surface area (Å²) in [5.74, 6) is 0. The lowest BCUT2D eigenvalue weighted by atomic mass is 9.74. The Kier molecular flexibility index (Phi) is 7.52. The third-order valence-corrected chi connectivity index (χ3v) is 13.6. The molecular formula is C58H41NO. The van der Waals surface area contributed by atoms with Crippen LogP contribution in [-0.2, 0) is 10.8 Å². The minimum absolute atomic E-state index is 0.286. The van der Waals surface area contributed by atoms with E-state index in [1.54, 1.807) is 0 Å². The molecule has 1 aromatic heterocycles. The zero-order valence-electron chi connectivity index (χ0n) is 33.6. The van der Waals surface area contributed by atoms with Crippen molar-refractivity contribution < 1.29 is 4.42 Å². The Bertz CT molecular complexity index is 3310. The lowest BCUT2D eigenvalue weighted by Crippen LogP contribution is -2.22. The average molecular weight is 768 g/mol. The van der Waals surface area contributed by atoms with E-state index in [2.05, 4.69) is 225 Å². The predicted octanol–water partition coefficient (Wildman–Crippen LogP) is 15.4. The van der Waals surface area contributed by atoms with E-state index in [0.29, 0.717) is 0 Å². The van der Waals surface area contributed by atoms with Gasteiger partial charge >= 0.3 is 0 Å². The molecule has 0 amide bonds. The van der Waals surface area contributed by atoms with Crippen molar-refractivity contribution in [1.82, 2.24) is 0 Å². The van der Waals surface area contributed by atoms with Crippen molar-refractivity contribution in [2.45, 2.75) is 24.7 Å². The first-order valence-electron chi connectivity index (χ1n) is 20.9. The Hall–Kier alpha value is -7.42. The second-order valence-corrected chi connectivity index (χ2v) is 16.7. The van der Waals surface area contributed by atoms with Crippen LogP contribution in [0.15, 0.2) is 217 Å². The Balaban J connectivity index is 1.12. The van der Waals surface area contributed by atoms with E-state index in [-0.39, 0.29) is 10.8 Å². The maximum atomic E-state index is 6.60. The number of rotatable bonds is 6. The van der Waals surface area contributed by atoms with Crippen molar-refractivity contribution in [2.75, 3.05) is 4.90 Å². The average Bonchev–Trinajstić information content (AvgIpc) is 3.92. The van der Waals surface area contributed by atoms with Crippen LogP contribution < -0.4 is 4.90 Å². The SMILES string of the molecule is CC1(c2ccccc2)c2ccccc2-c2cc(N(c3cccc(-c4cccc5c4oc4ccccc45)c3)c3cccc4c3-c3ccccc3C4(C)c3ccccc3)ccc21. The number of para-hydroxylation sites is 2. The van der Waals surface area contributed by atoms with Crippen molar-refractivity contribution in [2.24, 2.45) is 0 Å². The molecule has 2 atom stereocenters. The van der Waals surface area contributed by atoms with Gasteiger partial charge in [-0.2, -0.15) is 0 Å². The first-order chi connectivity index (χ1) is 29.5. The summed E-state index contributed by atoms with van der Waals surface area (Å²) in [6.07, 6.45) is 0. The summed E-state index contributed by atoms with van der Waals surface area (Å²) in [4.78, 5) is 2.50. The lowest BCUT2D eigenvalue weighted by Gasteiger charge is -2.31. The van der Waals surface area contributed by atoms with Gasteiger partial charge in [0, 0.05) is 44.1 Å². The molecule has 2 aliphatic rings. The summed E-state index contributed by atoms with van der Waals surface area (Å²) in [5, 5.41) is 2.26. The smallest absolute Gasteiger partial charge is 0.143 e. The zero-order chi connectivity index (χ0) is 40.0. The van der Waals surface area contributed by atoms with Crippen molar-refractivity contribution >= 4 is 39.0 Å². The quantitative estimate of drug-likeness (QED) is 0.168. The van der Waals surface area contributed by atoms with Crippen LogP contribution in [-0.4, -0.2) is 0 Å². The highest BCUT2D eigenvalue weighted by Gasteiger charge is 2.44. The normalized spacial score (nSPS) is 17.3. The Morgan fingerprint density at radius 1 is 0.383 bits per heavy atom. The third kappa shape index (κ3) is 4.82. The standard InChI is InChI=1S/C58H41NO/c1-57(39-19-5-3-6-20-39)49-29-12-9-24-44(49)48-37-42(34-35-51(48)57)59(41-23-15-18-38(36-41)43-27-16-28-46-45-25-11-14-33-54(45)60-56(43)46)53-32-17-31-52-55(53)47-26-10-13-30-50(47)58(52,2)40-21-7-4-8-22-40/h3-37H,1-2H3. The molecule has 60 heavy (non-hydrogen) atoms. The van der Waals surface area contributed by atoms with Gasteiger partial charge in [-0.25, -0.2) is 0 Å². The molecule has 9 aromatic carbocycles. The molecule has 2 nitrogen and oxygen atoms in total. The van der Waals surface area contributed by atoms with Gasteiger partial charge in [-0.1, -0.05) is 176 Å². The van der Waals surface area contributed by atoms with Gasteiger partial charge in [0.15, 0.2) is 0 Å². The van der Waals surface area contributed by atoms with Gasteiger partial charge in [0.25, 0.3) is 0 Å². The fourth-order valence-corrected chi connectivity index (χ4v) is 10.7. The molecule has 0 bridgehead atoms. The molecule has 2 heteroatoms. The van der Waals surface area contributed by atoms with E-state index in [9.17, 15) is 0 Å². The van der Waals surface area contributed by atoms with E-state index < -0.39 is 0 Å². The first kappa shape index (κ1) is 34.6. The maximum absolute atomic E-state index is 6.60. The second-order valence-electron chi connectivity index (χ2n) is 16.7. The Labute approximate surface area is 350 Å². The number of hydrogen-bond donors (Lipinski definition) is 0. The van der Waals surface area contributed by atoms with Gasteiger partial charge in [0.1, 0.15) is 11.2 Å². The number of fused-ring (bicyclic) bond motifs is 9. The van der Waals surface area contributed by atoms with Crippen LogP contribution in [0.25, 0.3) is 55.3 Å². The minimum Gasteiger partial charge on any atom is -0.455 e. The van der Waals surface area contributed by atoms with E-state index >= 15 is 0 Å². The summed E-state index contributed by atoms with van der Waals surface area (Å²) in [6.45, 7) is 4.78. The highest BCUT2D eigenvalue weighted by Crippen LogP contribution is 2.58. The van der Waals surface area contributed by atoms with E-state index in [4.69, 9.17) is 4.42 Å². The van der Waals surface area contributed by atoms with Crippen LogP contribution in [0.2, 0.25) is 0 Å². The highest BCUT2D eigenvalue weighted by molar-refractivity contribution is 6.10. The van der Waals surface area contributed by atoms with Gasteiger partial charge in [-0.3, -0.25) is 0 Å². The van der Waals surface area contributed by atoms with Crippen LogP contribution in [0.5, 0.6) is 0 Å². The summed E-state index contributed by atoms with van der Waals surface area (Å²) in [6, 6.07) is 77.9. The van der Waals surface area contributed by atoms with Crippen molar-refractivity contribution in [3.8, 4) is 33.4 Å². The molecule has 2 aliphatic carbocycles. The second kappa shape index (κ2) is 13.0. The number of benzene rings is 9. The fourth-order valence-electron chi connectivity index (χ4n) is 10.7. The molecule has 0 fully saturated rings. The lowest BCUT2D eigenvalue weighted by molar-refractivity contribution is 0.670. The number of nitrogens with zero attached hydrogens (tertiary/aromatic N) is 1. The van der Waals surface area contributed by atoms with E-state index in [1.165, 1.54) is 55.6 Å². The van der Waals surface area contributed by atoms with E-state index in [1.807, 2.05) is 6.07 Å². The van der Waals surface area contributed by atoms with Crippen molar-refractivity contribution in [3.05, 3.63) is 246 Å². The molecule has 284 valence electrons. The summed E-state index contributed by atoms with van der Waals surface area (Å²) < 4.78 is 6.60. The van der Waals surface area contributed by atoms with E-state index in [0.717, 1.165) is 50.1 Å². The van der Waals surface area contributed by atoms with Gasteiger partial charge in [-0.15, -0.1) is 0 Å². The molecule has 0 saturated carbocycles. The van der Waals surface area contributed by atoms with Gasteiger partial charge < -0.3 is 9.32 Å². The molecule has 0 N–H and O–H groups in total. The summed E-state index contributed by atoms with van der Waals surface area (Å²) >= 11 is 0. The van der Waals surface area contributed by atoms with Crippen LogP contribution in [0.3, 0.4) is 0 Å². The Morgan fingerprint density at radius 2 is 0.933 bits per heavy atom. The van der Waals surface area contributed by atoms with Gasteiger partial charge in [0.2, 0.25) is 0 Å². The molecule has 0 saturated heterocycles. The molecule has 0 spiro atoms. The molecule has 0 aliphatic heterocycles. The third-order valence-electron chi connectivity index (χ3n) is 13.6. The molecule has 12 rings (SSSR count). The van der Waals surface area contributed by atoms with Crippen LogP contribution in [0, 0.1) is 0 Å². The van der Waals surface area contributed by atoms with Crippen LogP contribution >= 0.6 is 0 Å². The predicted molar refractivity (Wildman–Crippen MR) is 249 cm³/mol. The fraction of sp³-hybridized carbons (Fsp3) is 0.0690. The Morgan fingerprint density at radius 3 is 1.72 bits per heavy atom.